The third kappa shape index (κ3) is 2.78. The summed E-state index contributed by atoms with van der Waals surface area (Å²) in [6.07, 6.45) is 1.88. The summed E-state index contributed by atoms with van der Waals surface area (Å²) in [5, 5.41) is 9.57. The minimum atomic E-state index is -0.289. The lowest BCUT2D eigenvalue weighted by Gasteiger charge is -2.17. The average Bonchev–Trinajstić information content (AvgIpc) is 3.12. The van der Waals surface area contributed by atoms with Crippen LogP contribution in [0.3, 0.4) is 0 Å². The first-order valence-electron chi connectivity index (χ1n) is 6.87. The number of pyridine rings is 1. The molecule has 0 aliphatic carbocycles. The number of ether oxygens (including phenoxy) is 1. The number of carbonyl (C=O) groups is 1. The van der Waals surface area contributed by atoms with Crippen LogP contribution in [0.4, 0.5) is 0 Å². The van der Waals surface area contributed by atoms with Crippen LogP contribution in [0.25, 0.3) is 0 Å². The van der Waals surface area contributed by atoms with Crippen molar-refractivity contribution in [3.8, 4) is 0 Å². The number of aromatic nitrogens is 4. The first-order chi connectivity index (χ1) is 10.1. The van der Waals surface area contributed by atoms with Crippen molar-refractivity contribution < 1.29 is 9.53 Å². The molecule has 7 nitrogen and oxygen atoms in total. The molecule has 0 aromatic carbocycles. The molecule has 0 bridgehead atoms. The molecule has 3 rings (SSSR count). The van der Waals surface area contributed by atoms with Gasteiger partial charge in [-0.2, -0.15) is 5.10 Å². The standard InChI is InChI=1S/C14H17N5O2/c1-8-3-4-11(17-9(8)2)14(20)18-10-5-6-21-12(10)13-15-7-16-19-13/h3-4,7,10,12H,5-6H2,1-2H3,(H,18,20)(H,15,16,19)/t10-,12+/m0/s1. The highest BCUT2D eigenvalue weighted by molar-refractivity contribution is 5.92. The van der Waals surface area contributed by atoms with Gasteiger partial charge in [0.2, 0.25) is 0 Å². The van der Waals surface area contributed by atoms with Gasteiger partial charge in [0.05, 0.1) is 6.04 Å². The van der Waals surface area contributed by atoms with E-state index in [9.17, 15) is 4.79 Å². The Balaban J connectivity index is 1.73. The number of carbonyl (C=O) groups excluding carboxylic acids is 1. The Labute approximate surface area is 122 Å². The molecule has 1 aliphatic heterocycles. The molecule has 0 saturated carbocycles. The van der Waals surface area contributed by atoms with Crippen molar-refractivity contribution in [3.63, 3.8) is 0 Å². The van der Waals surface area contributed by atoms with E-state index >= 15 is 0 Å². The van der Waals surface area contributed by atoms with Gasteiger partial charge < -0.3 is 10.1 Å². The molecule has 0 radical (unpaired) electrons. The molecule has 1 aliphatic rings. The fourth-order valence-electron chi connectivity index (χ4n) is 2.36. The molecular formula is C14H17N5O2. The zero-order valence-electron chi connectivity index (χ0n) is 12.0. The number of H-pyrrole nitrogens is 1. The molecule has 0 unspecified atom stereocenters. The van der Waals surface area contributed by atoms with Gasteiger partial charge >= 0.3 is 0 Å². The summed E-state index contributed by atoms with van der Waals surface area (Å²) in [7, 11) is 0. The molecule has 7 heteroatoms. The molecule has 2 aromatic heterocycles. The summed E-state index contributed by atoms with van der Waals surface area (Å²) in [5.41, 5.74) is 2.34. The lowest BCUT2D eigenvalue weighted by Crippen LogP contribution is -2.37. The largest absolute Gasteiger partial charge is 0.368 e. The monoisotopic (exact) mass is 287 g/mol. The maximum absolute atomic E-state index is 12.3. The first-order valence-corrected chi connectivity index (χ1v) is 6.87. The highest BCUT2D eigenvalue weighted by Gasteiger charge is 2.33. The van der Waals surface area contributed by atoms with Crippen LogP contribution in [0, 0.1) is 13.8 Å². The van der Waals surface area contributed by atoms with Gasteiger partial charge in [-0.1, -0.05) is 6.07 Å². The summed E-state index contributed by atoms with van der Waals surface area (Å²) in [4.78, 5) is 20.7. The van der Waals surface area contributed by atoms with E-state index in [2.05, 4.69) is 25.5 Å². The molecule has 2 aromatic rings. The van der Waals surface area contributed by atoms with Crippen LogP contribution in [0.1, 0.15) is 40.1 Å². The summed E-state index contributed by atoms with van der Waals surface area (Å²) in [5.74, 6) is 0.434. The summed E-state index contributed by atoms with van der Waals surface area (Å²) >= 11 is 0. The Morgan fingerprint density at radius 2 is 2.29 bits per heavy atom. The maximum atomic E-state index is 12.3. The number of hydrogen-bond acceptors (Lipinski definition) is 5. The molecule has 110 valence electrons. The van der Waals surface area contributed by atoms with Gasteiger partial charge in [-0.05, 0) is 31.9 Å². The minimum Gasteiger partial charge on any atom is -0.368 e. The number of rotatable bonds is 3. The van der Waals surface area contributed by atoms with Gasteiger partial charge in [0.25, 0.3) is 5.91 Å². The SMILES string of the molecule is Cc1ccc(C(=O)N[C@H]2CCO[C@H]2c2ncn[nH]2)nc1C. The number of amides is 1. The second kappa shape index (κ2) is 5.61. The van der Waals surface area contributed by atoms with Crippen LogP contribution in [0.2, 0.25) is 0 Å². The molecule has 2 N–H and O–H groups in total. The fourth-order valence-corrected chi connectivity index (χ4v) is 2.36. The van der Waals surface area contributed by atoms with Crippen LogP contribution < -0.4 is 5.32 Å². The number of hydrogen-bond donors (Lipinski definition) is 2. The number of nitrogens with one attached hydrogen (secondary N) is 2. The Morgan fingerprint density at radius 3 is 3.00 bits per heavy atom. The molecule has 1 amide bonds. The van der Waals surface area contributed by atoms with E-state index in [0.717, 1.165) is 17.7 Å². The van der Waals surface area contributed by atoms with Gasteiger partial charge in [-0.15, -0.1) is 0 Å². The molecule has 0 spiro atoms. The van der Waals surface area contributed by atoms with Gasteiger partial charge in [0, 0.05) is 12.3 Å². The predicted octanol–water partition coefficient (Wildman–Crippen LogP) is 1.08. The Kier molecular flexibility index (Phi) is 3.66. The normalized spacial score (nSPS) is 21.4. The molecule has 21 heavy (non-hydrogen) atoms. The molecule has 3 heterocycles. The van der Waals surface area contributed by atoms with Crippen molar-refractivity contribution in [2.75, 3.05) is 6.61 Å². The zero-order chi connectivity index (χ0) is 14.8. The average molecular weight is 287 g/mol. The Bertz CT molecular complexity index is 641. The summed E-state index contributed by atoms with van der Waals surface area (Å²) in [6, 6.07) is 3.50. The van der Waals surface area contributed by atoms with Gasteiger partial charge in [0.15, 0.2) is 5.82 Å². The molecular weight excluding hydrogens is 270 g/mol. The first kappa shape index (κ1) is 13.7. The third-order valence-corrected chi connectivity index (χ3v) is 3.69. The van der Waals surface area contributed by atoms with Crippen molar-refractivity contribution in [1.82, 2.24) is 25.5 Å². The number of nitrogens with zero attached hydrogens (tertiary/aromatic N) is 3. The van der Waals surface area contributed by atoms with E-state index in [-0.39, 0.29) is 18.1 Å². The molecule has 2 atom stereocenters. The minimum absolute atomic E-state index is 0.131. The quantitative estimate of drug-likeness (QED) is 0.881. The van der Waals surface area contributed by atoms with Gasteiger partial charge in [-0.3, -0.25) is 9.89 Å². The van der Waals surface area contributed by atoms with Gasteiger partial charge in [-0.25, -0.2) is 9.97 Å². The smallest absolute Gasteiger partial charge is 0.270 e. The van der Waals surface area contributed by atoms with E-state index in [0.29, 0.717) is 18.1 Å². The van der Waals surface area contributed by atoms with Crippen LogP contribution in [0.15, 0.2) is 18.5 Å². The van der Waals surface area contributed by atoms with E-state index in [1.165, 1.54) is 6.33 Å². The highest BCUT2D eigenvalue weighted by Crippen LogP contribution is 2.26. The predicted molar refractivity (Wildman–Crippen MR) is 74.7 cm³/mol. The topological polar surface area (TPSA) is 92.8 Å². The second-order valence-corrected chi connectivity index (χ2v) is 5.13. The van der Waals surface area contributed by atoms with E-state index in [1.807, 2.05) is 19.9 Å². The van der Waals surface area contributed by atoms with Crippen LogP contribution in [-0.4, -0.2) is 38.7 Å². The van der Waals surface area contributed by atoms with Crippen molar-refractivity contribution in [1.29, 1.82) is 0 Å². The number of aromatic amines is 1. The van der Waals surface area contributed by atoms with E-state index < -0.39 is 0 Å². The number of aryl methyl sites for hydroxylation is 2. The third-order valence-electron chi connectivity index (χ3n) is 3.69. The van der Waals surface area contributed by atoms with Gasteiger partial charge in [0.1, 0.15) is 18.1 Å². The van der Waals surface area contributed by atoms with Crippen molar-refractivity contribution >= 4 is 5.91 Å². The van der Waals surface area contributed by atoms with E-state index in [1.54, 1.807) is 6.07 Å². The summed E-state index contributed by atoms with van der Waals surface area (Å²) < 4.78 is 5.62. The highest BCUT2D eigenvalue weighted by atomic mass is 16.5. The van der Waals surface area contributed by atoms with Crippen molar-refractivity contribution in [2.24, 2.45) is 0 Å². The Hall–Kier alpha value is -2.28. The van der Waals surface area contributed by atoms with Crippen LogP contribution >= 0.6 is 0 Å². The second-order valence-electron chi connectivity index (χ2n) is 5.13. The van der Waals surface area contributed by atoms with E-state index in [4.69, 9.17) is 4.74 Å². The summed E-state index contributed by atoms with van der Waals surface area (Å²) in [6.45, 7) is 4.44. The van der Waals surface area contributed by atoms with Crippen LogP contribution in [0.5, 0.6) is 0 Å². The maximum Gasteiger partial charge on any atom is 0.270 e. The lowest BCUT2D eigenvalue weighted by molar-refractivity contribution is 0.0788. The van der Waals surface area contributed by atoms with Crippen molar-refractivity contribution in [3.05, 3.63) is 41.2 Å². The lowest BCUT2D eigenvalue weighted by atomic mass is 10.1. The fraction of sp³-hybridized carbons (Fsp3) is 0.429. The zero-order valence-corrected chi connectivity index (χ0v) is 12.0. The Morgan fingerprint density at radius 1 is 1.43 bits per heavy atom. The molecule has 1 saturated heterocycles. The van der Waals surface area contributed by atoms with Crippen LogP contribution in [-0.2, 0) is 4.74 Å². The van der Waals surface area contributed by atoms with Crippen molar-refractivity contribution in [2.45, 2.75) is 32.4 Å². The molecule has 1 fully saturated rings.